The van der Waals surface area contributed by atoms with Gasteiger partial charge in [-0.3, -0.25) is 4.90 Å². The van der Waals surface area contributed by atoms with E-state index in [0.717, 1.165) is 37.3 Å². The summed E-state index contributed by atoms with van der Waals surface area (Å²) in [7, 11) is 0. The van der Waals surface area contributed by atoms with Gasteiger partial charge in [0.05, 0.1) is 0 Å². The van der Waals surface area contributed by atoms with E-state index in [2.05, 4.69) is 39.8 Å². The second-order valence-electron chi connectivity index (χ2n) is 6.14. The van der Waals surface area contributed by atoms with Gasteiger partial charge in [0.1, 0.15) is 0 Å². The van der Waals surface area contributed by atoms with E-state index in [1.165, 1.54) is 11.1 Å². The molecule has 5 heteroatoms. The van der Waals surface area contributed by atoms with Crippen LogP contribution in [0.1, 0.15) is 16.7 Å². The molecule has 0 fully saturated rings. The summed E-state index contributed by atoms with van der Waals surface area (Å²) >= 11 is 5.97. The van der Waals surface area contributed by atoms with Crippen LogP contribution in [0.15, 0.2) is 42.5 Å². The van der Waals surface area contributed by atoms with Crippen LogP contribution in [0.2, 0.25) is 5.02 Å². The number of amides is 2. The first-order valence-electron chi connectivity index (χ1n) is 8.22. The smallest absolute Gasteiger partial charge is 0.319 e. The maximum absolute atomic E-state index is 12.0. The van der Waals surface area contributed by atoms with E-state index in [9.17, 15) is 4.79 Å². The molecular weight excluding hydrogens is 322 g/mol. The van der Waals surface area contributed by atoms with Crippen LogP contribution in [0.4, 0.5) is 10.5 Å². The van der Waals surface area contributed by atoms with Crippen LogP contribution in [-0.4, -0.2) is 30.6 Å². The molecule has 0 spiro atoms. The third-order valence-electron chi connectivity index (χ3n) is 4.37. The lowest BCUT2D eigenvalue weighted by Gasteiger charge is -2.28. The summed E-state index contributed by atoms with van der Waals surface area (Å²) in [6.07, 6.45) is 1.07. The molecule has 2 amide bonds. The number of nitrogens with zero attached hydrogens (tertiary/aromatic N) is 1. The number of hydrogen-bond donors (Lipinski definition) is 2. The van der Waals surface area contributed by atoms with Crippen molar-refractivity contribution in [2.45, 2.75) is 19.9 Å². The lowest BCUT2D eigenvalue weighted by atomic mass is 10.00. The lowest BCUT2D eigenvalue weighted by molar-refractivity contribution is 0.239. The van der Waals surface area contributed by atoms with Crippen molar-refractivity contribution in [3.05, 3.63) is 64.2 Å². The second-order valence-corrected chi connectivity index (χ2v) is 6.57. The predicted molar refractivity (Wildman–Crippen MR) is 98.6 cm³/mol. The number of urea groups is 1. The van der Waals surface area contributed by atoms with Gasteiger partial charge in [0.25, 0.3) is 0 Å². The molecule has 24 heavy (non-hydrogen) atoms. The molecule has 0 saturated heterocycles. The zero-order valence-corrected chi connectivity index (χ0v) is 14.6. The first-order valence-corrected chi connectivity index (χ1v) is 8.60. The van der Waals surface area contributed by atoms with E-state index in [4.69, 9.17) is 11.6 Å². The molecule has 0 saturated carbocycles. The summed E-state index contributed by atoms with van der Waals surface area (Å²) in [6.45, 7) is 5.39. The van der Waals surface area contributed by atoms with Crippen LogP contribution < -0.4 is 10.6 Å². The van der Waals surface area contributed by atoms with Gasteiger partial charge in [0.15, 0.2) is 0 Å². The highest BCUT2D eigenvalue weighted by molar-refractivity contribution is 6.31. The maximum Gasteiger partial charge on any atom is 0.319 e. The summed E-state index contributed by atoms with van der Waals surface area (Å²) in [5.74, 6) is 0. The van der Waals surface area contributed by atoms with Gasteiger partial charge in [-0.1, -0.05) is 41.9 Å². The minimum Gasteiger partial charge on any atom is -0.337 e. The van der Waals surface area contributed by atoms with Crippen molar-refractivity contribution < 1.29 is 4.79 Å². The van der Waals surface area contributed by atoms with Gasteiger partial charge in [-0.25, -0.2) is 4.79 Å². The number of carbonyl (C=O) groups excluding carboxylic acids is 1. The van der Waals surface area contributed by atoms with Crippen molar-refractivity contribution in [2.24, 2.45) is 0 Å². The fraction of sp³-hybridized carbons (Fsp3) is 0.316. The summed E-state index contributed by atoms with van der Waals surface area (Å²) in [5, 5.41) is 6.38. The number of halogens is 1. The summed E-state index contributed by atoms with van der Waals surface area (Å²) in [6, 6.07) is 13.8. The van der Waals surface area contributed by atoms with Crippen molar-refractivity contribution in [1.29, 1.82) is 0 Å². The molecule has 126 valence electrons. The monoisotopic (exact) mass is 343 g/mol. The van der Waals surface area contributed by atoms with E-state index in [1.807, 2.05) is 19.1 Å². The van der Waals surface area contributed by atoms with E-state index >= 15 is 0 Å². The standard InChI is InChI=1S/C19H22ClN3O/c1-14-6-7-17(20)12-18(14)22-19(24)21-9-11-23-10-8-15-4-2-3-5-16(15)13-23/h2-7,12H,8-11,13H2,1H3,(H2,21,22,24). The summed E-state index contributed by atoms with van der Waals surface area (Å²) in [5.41, 5.74) is 4.56. The molecule has 2 N–H and O–H groups in total. The van der Waals surface area contributed by atoms with Crippen molar-refractivity contribution in [3.63, 3.8) is 0 Å². The Hall–Kier alpha value is -2.04. The van der Waals surface area contributed by atoms with Gasteiger partial charge in [-0.05, 0) is 42.2 Å². The van der Waals surface area contributed by atoms with E-state index in [0.29, 0.717) is 11.6 Å². The molecule has 0 unspecified atom stereocenters. The number of rotatable bonds is 4. The van der Waals surface area contributed by atoms with Crippen LogP contribution >= 0.6 is 11.6 Å². The second kappa shape index (κ2) is 7.69. The quantitative estimate of drug-likeness (QED) is 0.886. The minimum atomic E-state index is -0.197. The number of hydrogen-bond acceptors (Lipinski definition) is 2. The Bertz CT molecular complexity index is 732. The molecule has 0 aromatic heterocycles. The number of benzene rings is 2. The predicted octanol–water partition coefficient (Wildman–Crippen LogP) is 3.83. The minimum absolute atomic E-state index is 0.197. The normalized spacial score (nSPS) is 14.1. The number of anilines is 1. The Morgan fingerprint density at radius 3 is 2.83 bits per heavy atom. The number of nitrogens with one attached hydrogen (secondary N) is 2. The van der Waals surface area contributed by atoms with Gasteiger partial charge in [0, 0.05) is 36.9 Å². The van der Waals surface area contributed by atoms with Crippen molar-refractivity contribution in [3.8, 4) is 0 Å². The number of fused-ring (bicyclic) bond motifs is 1. The highest BCUT2D eigenvalue weighted by atomic mass is 35.5. The average molecular weight is 344 g/mol. The Morgan fingerprint density at radius 1 is 1.21 bits per heavy atom. The van der Waals surface area contributed by atoms with E-state index in [1.54, 1.807) is 6.07 Å². The molecule has 2 aromatic carbocycles. The van der Waals surface area contributed by atoms with Crippen molar-refractivity contribution >= 4 is 23.3 Å². The first kappa shape index (κ1) is 16.8. The van der Waals surface area contributed by atoms with Crippen LogP contribution in [0.3, 0.4) is 0 Å². The first-order chi connectivity index (χ1) is 11.6. The highest BCUT2D eigenvalue weighted by Gasteiger charge is 2.15. The fourth-order valence-electron chi connectivity index (χ4n) is 2.97. The maximum atomic E-state index is 12.0. The molecule has 3 rings (SSSR count). The van der Waals surface area contributed by atoms with E-state index in [-0.39, 0.29) is 6.03 Å². The fourth-order valence-corrected chi connectivity index (χ4v) is 3.14. The SMILES string of the molecule is Cc1ccc(Cl)cc1NC(=O)NCCN1CCc2ccccc2C1. The third kappa shape index (κ3) is 4.28. The third-order valence-corrected chi connectivity index (χ3v) is 4.61. The molecule has 1 heterocycles. The summed E-state index contributed by atoms with van der Waals surface area (Å²) in [4.78, 5) is 14.4. The Labute approximate surface area is 147 Å². The largest absolute Gasteiger partial charge is 0.337 e. The van der Waals surface area contributed by atoms with Gasteiger partial charge in [0.2, 0.25) is 0 Å². The van der Waals surface area contributed by atoms with Gasteiger partial charge in [-0.15, -0.1) is 0 Å². The van der Waals surface area contributed by atoms with Gasteiger partial charge < -0.3 is 10.6 Å². The van der Waals surface area contributed by atoms with Gasteiger partial charge >= 0.3 is 6.03 Å². The molecule has 0 radical (unpaired) electrons. The Kier molecular flexibility index (Phi) is 5.38. The molecule has 0 aliphatic carbocycles. The van der Waals surface area contributed by atoms with E-state index < -0.39 is 0 Å². The molecule has 2 aromatic rings. The zero-order chi connectivity index (χ0) is 16.9. The van der Waals surface area contributed by atoms with Gasteiger partial charge in [-0.2, -0.15) is 0 Å². The topological polar surface area (TPSA) is 44.4 Å². The zero-order valence-electron chi connectivity index (χ0n) is 13.8. The van der Waals surface area contributed by atoms with Crippen LogP contribution in [0.5, 0.6) is 0 Å². The molecule has 1 aliphatic heterocycles. The van der Waals surface area contributed by atoms with Crippen LogP contribution in [-0.2, 0) is 13.0 Å². The molecule has 0 atom stereocenters. The molecule has 4 nitrogen and oxygen atoms in total. The number of aryl methyl sites for hydroxylation is 1. The van der Waals surface area contributed by atoms with Crippen molar-refractivity contribution in [2.75, 3.05) is 25.0 Å². The number of carbonyl (C=O) groups is 1. The van der Waals surface area contributed by atoms with Crippen LogP contribution in [0.25, 0.3) is 0 Å². The molecule has 1 aliphatic rings. The van der Waals surface area contributed by atoms with Crippen molar-refractivity contribution in [1.82, 2.24) is 10.2 Å². The van der Waals surface area contributed by atoms with Crippen LogP contribution in [0, 0.1) is 6.92 Å². The lowest BCUT2D eigenvalue weighted by Crippen LogP contribution is -2.39. The summed E-state index contributed by atoms with van der Waals surface area (Å²) < 4.78 is 0. The Morgan fingerprint density at radius 2 is 2.00 bits per heavy atom. The Balaban J connectivity index is 1.45. The average Bonchev–Trinajstić information content (AvgIpc) is 2.58. The molecular formula is C19H22ClN3O. The highest BCUT2D eigenvalue weighted by Crippen LogP contribution is 2.20. The molecule has 0 bridgehead atoms.